The maximum Gasteiger partial charge on any atom is 0.265 e. The molecule has 0 bridgehead atoms. The first kappa shape index (κ1) is 16.7. The Labute approximate surface area is 149 Å². The van der Waals surface area contributed by atoms with Crippen molar-refractivity contribution in [1.29, 1.82) is 0 Å². The highest BCUT2D eigenvalue weighted by Crippen LogP contribution is 2.22. The molecule has 1 heterocycles. The third-order valence-electron chi connectivity index (χ3n) is 3.11. The average Bonchev–Trinajstić information content (AvgIpc) is 3.15. The molecule has 25 heavy (non-hydrogen) atoms. The van der Waals surface area contributed by atoms with Gasteiger partial charge in [0.2, 0.25) is 0 Å². The Balaban J connectivity index is 1.45. The van der Waals surface area contributed by atoms with Gasteiger partial charge in [0.25, 0.3) is 5.91 Å². The second-order valence-corrected chi connectivity index (χ2v) is 5.99. The minimum atomic E-state index is -0.278. The van der Waals surface area contributed by atoms with E-state index >= 15 is 0 Å². The molecule has 0 spiro atoms. The van der Waals surface area contributed by atoms with Crippen molar-refractivity contribution in [1.82, 2.24) is 0 Å². The highest BCUT2D eigenvalue weighted by molar-refractivity contribution is 7.11. The predicted octanol–water partition coefficient (Wildman–Crippen LogP) is 4.53. The summed E-state index contributed by atoms with van der Waals surface area (Å²) in [6.07, 6.45) is 1.58. The fourth-order valence-corrected chi connectivity index (χ4v) is 2.55. The van der Waals surface area contributed by atoms with Gasteiger partial charge in [-0.15, -0.1) is 11.3 Å². The van der Waals surface area contributed by atoms with E-state index in [1.807, 2.05) is 47.8 Å². The number of hydrogen-bond acceptors (Lipinski definition) is 5. The van der Waals surface area contributed by atoms with E-state index in [2.05, 4.69) is 10.5 Å². The van der Waals surface area contributed by atoms with Crippen LogP contribution < -0.4 is 10.1 Å². The van der Waals surface area contributed by atoms with Gasteiger partial charge in [0.05, 0.1) is 6.21 Å². The minimum Gasteiger partial charge on any atom is -0.457 e. The van der Waals surface area contributed by atoms with E-state index in [4.69, 9.17) is 9.57 Å². The van der Waals surface area contributed by atoms with Crippen LogP contribution in [-0.2, 0) is 9.63 Å². The molecule has 0 aliphatic carbocycles. The van der Waals surface area contributed by atoms with Crippen molar-refractivity contribution in [3.8, 4) is 11.5 Å². The molecule has 0 unspecified atom stereocenters. The van der Waals surface area contributed by atoms with E-state index < -0.39 is 0 Å². The highest BCUT2D eigenvalue weighted by atomic mass is 32.1. The van der Waals surface area contributed by atoms with Crippen molar-refractivity contribution < 1.29 is 14.4 Å². The smallest absolute Gasteiger partial charge is 0.265 e. The van der Waals surface area contributed by atoms with Crippen molar-refractivity contribution in [2.75, 3.05) is 11.9 Å². The van der Waals surface area contributed by atoms with Gasteiger partial charge in [-0.2, -0.15) is 0 Å². The summed E-state index contributed by atoms with van der Waals surface area (Å²) < 4.78 is 5.70. The van der Waals surface area contributed by atoms with Crippen LogP contribution in [0.2, 0.25) is 0 Å². The summed E-state index contributed by atoms with van der Waals surface area (Å²) in [5.41, 5.74) is 0.663. The molecule has 0 radical (unpaired) electrons. The van der Waals surface area contributed by atoms with Crippen LogP contribution in [-0.4, -0.2) is 18.7 Å². The van der Waals surface area contributed by atoms with Crippen molar-refractivity contribution in [2.24, 2.45) is 5.16 Å². The molecule has 3 aromatic rings. The average molecular weight is 352 g/mol. The number of para-hydroxylation sites is 1. The van der Waals surface area contributed by atoms with E-state index in [0.29, 0.717) is 11.4 Å². The van der Waals surface area contributed by atoms with Crippen LogP contribution in [0, 0.1) is 0 Å². The highest BCUT2D eigenvalue weighted by Gasteiger charge is 2.03. The van der Waals surface area contributed by atoms with Crippen LogP contribution in [0.1, 0.15) is 4.88 Å². The molecule has 6 heteroatoms. The van der Waals surface area contributed by atoms with Gasteiger partial charge in [-0.25, -0.2) is 0 Å². The number of amides is 1. The number of nitrogens with zero attached hydrogens (tertiary/aromatic N) is 1. The fourth-order valence-electron chi connectivity index (χ4n) is 1.98. The van der Waals surface area contributed by atoms with Crippen LogP contribution in [0.25, 0.3) is 0 Å². The Morgan fingerprint density at radius 3 is 2.48 bits per heavy atom. The maximum absolute atomic E-state index is 11.8. The molecular formula is C19H16N2O3S. The third kappa shape index (κ3) is 5.47. The first-order valence-electron chi connectivity index (χ1n) is 7.61. The lowest BCUT2D eigenvalue weighted by atomic mass is 10.3. The summed E-state index contributed by atoms with van der Waals surface area (Å²) in [6.45, 7) is -0.149. The number of nitrogens with one attached hydrogen (secondary N) is 1. The van der Waals surface area contributed by atoms with Gasteiger partial charge in [-0.3, -0.25) is 4.79 Å². The second kappa shape index (κ2) is 8.65. The van der Waals surface area contributed by atoms with Gasteiger partial charge in [-0.1, -0.05) is 29.4 Å². The van der Waals surface area contributed by atoms with Crippen molar-refractivity contribution in [3.63, 3.8) is 0 Å². The summed E-state index contributed by atoms with van der Waals surface area (Å²) in [7, 11) is 0. The number of rotatable bonds is 7. The second-order valence-electron chi connectivity index (χ2n) is 5.01. The lowest BCUT2D eigenvalue weighted by Gasteiger charge is -2.07. The molecule has 0 aliphatic rings. The number of ether oxygens (including phenoxy) is 1. The first-order valence-corrected chi connectivity index (χ1v) is 8.49. The lowest BCUT2D eigenvalue weighted by molar-refractivity contribution is -0.120. The topological polar surface area (TPSA) is 59.9 Å². The Morgan fingerprint density at radius 1 is 1.00 bits per heavy atom. The molecular weight excluding hydrogens is 336 g/mol. The maximum atomic E-state index is 11.8. The Hall–Kier alpha value is -3.12. The quantitative estimate of drug-likeness (QED) is 0.502. The Kier molecular flexibility index (Phi) is 5.79. The van der Waals surface area contributed by atoms with E-state index in [-0.39, 0.29) is 12.5 Å². The van der Waals surface area contributed by atoms with Crippen molar-refractivity contribution >= 4 is 29.1 Å². The molecule has 5 nitrogen and oxygen atoms in total. The van der Waals surface area contributed by atoms with E-state index in [1.54, 1.807) is 41.8 Å². The first-order chi connectivity index (χ1) is 12.3. The molecule has 1 aromatic heterocycles. The molecule has 0 saturated carbocycles. The molecule has 2 aromatic carbocycles. The summed E-state index contributed by atoms with van der Waals surface area (Å²) in [6, 6.07) is 20.5. The summed E-state index contributed by atoms with van der Waals surface area (Å²) in [5.74, 6) is 1.18. The number of oxime groups is 1. The van der Waals surface area contributed by atoms with Gasteiger partial charge in [0, 0.05) is 10.6 Å². The molecule has 0 aliphatic heterocycles. The zero-order chi connectivity index (χ0) is 17.3. The minimum absolute atomic E-state index is 0.149. The third-order valence-corrected chi connectivity index (χ3v) is 3.92. The fraction of sp³-hybridized carbons (Fsp3) is 0.0526. The number of thiophene rings is 1. The van der Waals surface area contributed by atoms with E-state index in [9.17, 15) is 4.79 Å². The standard InChI is InChI=1S/C19H16N2O3S/c22-19(14-23-20-13-18-7-4-12-25-18)21-15-8-10-17(11-9-15)24-16-5-2-1-3-6-16/h1-13H,14H2,(H,21,22)/b20-13+. The molecule has 0 atom stereocenters. The largest absolute Gasteiger partial charge is 0.457 e. The van der Waals surface area contributed by atoms with Crippen LogP contribution in [0.3, 0.4) is 0 Å². The molecule has 0 saturated heterocycles. The summed E-state index contributed by atoms with van der Waals surface area (Å²) in [5, 5.41) is 8.44. The van der Waals surface area contributed by atoms with Crippen LogP contribution in [0.5, 0.6) is 11.5 Å². The molecule has 3 rings (SSSR count). The zero-order valence-electron chi connectivity index (χ0n) is 13.3. The Morgan fingerprint density at radius 2 is 1.76 bits per heavy atom. The number of anilines is 1. The number of carbonyl (C=O) groups excluding carboxylic acids is 1. The molecule has 1 amide bonds. The van der Waals surface area contributed by atoms with Gasteiger partial charge in [0.15, 0.2) is 6.61 Å². The SMILES string of the molecule is O=C(CO/N=C/c1cccs1)Nc1ccc(Oc2ccccc2)cc1. The van der Waals surface area contributed by atoms with Crippen LogP contribution >= 0.6 is 11.3 Å². The van der Waals surface area contributed by atoms with Gasteiger partial charge >= 0.3 is 0 Å². The number of carbonyl (C=O) groups is 1. The van der Waals surface area contributed by atoms with Crippen LogP contribution in [0.4, 0.5) is 5.69 Å². The van der Waals surface area contributed by atoms with Crippen LogP contribution in [0.15, 0.2) is 77.3 Å². The van der Waals surface area contributed by atoms with E-state index in [1.165, 1.54) is 0 Å². The van der Waals surface area contributed by atoms with Crippen molar-refractivity contribution in [3.05, 3.63) is 77.0 Å². The van der Waals surface area contributed by atoms with Gasteiger partial charge in [-0.05, 0) is 47.8 Å². The molecule has 0 fully saturated rings. The van der Waals surface area contributed by atoms with Crippen molar-refractivity contribution in [2.45, 2.75) is 0 Å². The predicted molar refractivity (Wildman–Crippen MR) is 99.5 cm³/mol. The lowest BCUT2D eigenvalue weighted by Crippen LogP contribution is -2.16. The summed E-state index contributed by atoms with van der Waals surface area (Å²) in [4.78, 5) is 17.8. The Bertz CT molecular complexity index is 816. The van der Waals surface area contributed by atoms with Gasteiger partial charge in [0.1, 0.15) is 11.5 Å². The number of hydrogen-bond donors (Lipinski definition) is 1. The van der Waals surface area contributed by atoms with E-state index in [0.717, 1.165) is 10.6 Å². The monoisotopic (exact) mass is 352 g/mol. The summed E-state index contributed by atoms with van der Waals surface area (Å²) >= 11 is 1.54. The normalized spacial score (nSPS) is 10.6. The molecule has 126 valence electrons. The number of benzene rings is 2. The zero-order valence-corrected chi connectivity index (χ0v) is 14.1. The van der Waals surface area contributed by atoms with Gasteiger partial charge < -0.3 is 14.9 Å². The molecule has 1 N–H and O–H groups in total.